The lowest BCUT2D eigenvalue weighted by Gasteiger charge is -2.34. The molecule has 1 rings (SSSR count). The number of aryl methyl sites for hydroxylation is 1. The number of aromatic nitrogens is 3. The molecule has 0 saturated carbocycles. The van der Waals surface area contributed by atoms with E-state index in [1.807, 2.05) is 27.7 Å². The second-order valence-electron chi connectivity index (χ2n) is 5.23. The summed E-state index contributed by atoms with van der Waals surface area (Å²) in [5.41, 5.74) is -0.487. The van der Waals surface area contributed by atoms with E-state index in [4.69, 9.17) is 5.11 Å². The van der Waals surface area contributed by atoms with Gasteiger partial charge in [0.15, 0.2) is 0 Å². The van der Waals surface area contributed by atoms with Crippen molar-refractivity contribution >= 4 is 11.9 Å². The van der Waals surface area contributed by atoms with Crippen LogP contribution in [0.1, 0.15) is 50.6 Å². The smallest absolute Gasteiger partial charge is 0.305 e. The summed E-state index contributed by atoms with van der Waals surface area (Å²) in [6.45, 7) is 7.58. The summed E-state index contributed by atoms with van der Waals surface area (Å²) in [7, 11) is 0. The van der Waals surface area contributed by atoms with Crippen LogP contribution in [0.5, 0.6) is 0 Å². The average Bonchev–Trinajstić information content (AvgIpc) is 2.75. The number of carbonyl (C=O) groups excluding carboxylic acids is 1. The van der Waals surface area contributed by atoms with E-state index in [9.17, 15) is 9.59 Å². The minimum atomic E-state index is -0.939. The number of hydrogen-bond donors (Lipinski definition) is 2. The van der Waals surface area contributed by atoms with Crippen molar-refractivity contribution < 1.29 is 14.7 Å². The number of nitrogens with zero attached hydrogens (tertiary/aromatic N) is 3. The molecule has 0 unspecified atom stereocenters. The maximum atomic E-state index is 12.3. The quantitative estimate of drug-likeness (QED) is 0.832. The fraction of sp³-hybridized carbons (Fsp3) is 0.667. The van der Waals surface area contributed by atoms with E-state index in [0.717, 1.165) is 0 Å². The van der Waals surface area contributed by atoms with E-state index in [2.05, 4.69) is 15.2 Å². The van der Waals surface area contributed by atoms with Gasteiger partial charge in [-0.15, -0.1) is 5.10 Å². The molecule has 0 bridgehead atoms. The third-order valence-corrected chi connectivity index (χ3v) is 2.66. The lowest BCUT2D eigenvalue weighted by molar-refractivity contribution is -0.137. The van der Waals surface area contributed by atoms with Crippen molar-refractivity contribution in [2.75, 3.05) is 6.54 Å². The summed E-state index contributed by atoms with van der Waals surface area (Å²) in [5, 5.41) is 15.3. The Balaban J connectivity index is 2.90. The number of aliphatic carboxylic acids is 1. The van der Waals surface area contributed by atoms with Crippen LogP contribution in [-0.2, 0) is 11.2 Å². The minimum Gasteiger partial charge on any atom is -0.481 e. The van der Waals surface area contributed by atoms with Crippen LogP contribution in [-0.4, -0.2) is 49.1 Å². The first-order valence-corrected chi connectivity index (χ1v) is 6.20. The Bertz CT molecular complexity index is 462. The normalized spacial score (nSPS) is 11.4. The highest BCUT2D eigenvalue weighted by Gasteiger charge is 2.29. The van der Waals surface area contributed by atoms with Crippen molar-refractivity contribution in [1.82, 2.24) is 20.1 Å². The number of amides is 1. The SMILES string of the molecule is CCc1nc(C(=O)N(CCC(=O)O)C(C)(C)C)n[nH]1. The maximum absolute atomic E-state index is 12.3. The van der Waals surface area contributed by atoms with Crippen LogP contribution in [0.15, 0.2) is 0 Å². The molecule has 0 fully saturated rings. The molecule has 0 saturated heterocycles. The van der Waals surface area contributed by atoms with E-state index in [0.29, 0.717) is 12.2 Å². The van der Waals surface area contributed by atoms with E-state index in [-0.39, 0.29) is 24.7 Å². The topological polar surface area (TPSA) is 99.2 Å². The number of hydrogen-bond acceptors (Lipinski definition) is 4. The molecule has 0 radical (unpaired) electrons. The molecule has 0 aliphatic rings. The molecule has 1 aromatic rings. The fourth-order valence-electron chi connectivity index (χ4n) is 1.62. The predicted octanol–water partition coefficient (Wildman–Crippen LogP) is 1.08. The highest BCUT2D eigenvalue weighted by molar-refractivity contribution is 5.91. The highest BCUT2D eigenvalue weighted by atomic mass is 16.4. The van der Waals surface area contributed by atoms with Gasteiger partial charge in [0.05, 0.1) is 6.42 Å². The number of carbonyl (C=O) groups is 2. The Morgan fingerprint density at radius 3 is 2.42 bits per heavy atom. The third-order valence-electron chi connectivity index (χ3n) is 2.66. The van der Waals surface area contributed by atoms with Crippen molar-refractivity contribution in [2.45, 2.75) is 46.1 Å². The molecule has 19 heavy (non-hydrogen) atoms. The monoisotopic (exact) mass is 268 g/mol. The molecular formula is C12H20N4O3. The number of H-pyrrole nitrogens is 1. The molecule has 1 aromatic heterocycles. The predicted molar refractivity (Wildman–Crippen MR) is 68.8 cm³/mol. The molecule has 106 valence electrons. The van der Waals surface area contributed by atoms with Gasteiger partial charge in [-0.05, 0) is 20.8 Å². The van der Waals surface area contributed by atoms with E-state index < -0.39 is 11.5 Å². The second-order valence-corrected chi connectivity index (χ2v) is 5.23. The first-order valence-electron chi connectivity index (χ1n) is 6.20. The van der Waals surface area contributed by atoms with E-state index >= 15 is 0 Å². The summed E-state index contributed by atoms with van der Waals surface area (Å²) in [5.74, 6) is -0.580. The van der Waals surface area contributed by atoms with Gasteiger partial charge in [0.25, 0.3) is 5.91 Å². The zero-order valence-electron chi connectivity index (χ0n) is 11.7. The summed E-state index contributed by atoms with van der Waals surface area (Å²) in [6.07, 6.45) is 0.555. The van der Waals surface area contributed by atoms with Gasteiger partial charge in [-0.25, -0.2) is 4.98 Å². The van der Waals surface area contributed by atoms with Crippen molar-refractivity contribution in [2.24, 2.45) is 0 Å². The largest absolute Gasteiger partial charge is 0.481 e. The fourth-order valence-corrected chi connectivity index (χ4v) is 1.62. The van der Waals surface area contributed by atoms with Crippen molar-refractivity contribution in [1.29, 1.82) is 0 Å². The first-order chi connectivity index (χ1) is 8.75. The van der Waals surface area contributed by atoms with Crippen LogP contribution >= 0.6 is 0 Å². The van der Waals surface area contributed by atoms with Gasteiger partial charge >= 0.3 is 5.97 Å². The first kappa shape index (κ1) is 15.1. The molecule has 0 aromatic carbocycles. The Morgan fingerprint density at radius 1 is 1.37 bits per heavy atom. The van der Waals surface area contributed by atoms with Crippen molar-refractivity contribution in [3.05, 3.63) is 11.6 Å². The molecule has 7 nitrogen and oxygen atoms in total. The standard InChI is InChI=1S/C12H20N4O3/c1-5-8-13-10(15-14-8)11(19)16(12(2,3)4)7-6-9(17)18/h5-7H2,1-4H3,(H,17,18)(H,13,14,15). The van der Waals surface area contributed by atoms with Crippen LogP contribution in [0, 0.1) is 0 Å². The summed E-state index contributed by atoms with van der Waals surface area (Å²) >= 11 is 0. The highest BCUT2D eigenvalue weighted by Crippen LogP contribution is 2.16. The third kappa shape index (κ3) is 4.04. The molecule has 1 amide bonds. The molecule has 7 heteroatoms. The van der Waals surface area contributed by atoms with Gasteiger partial charge in [-0.1, -0.05) is 6.92 Å². The van der Waals surface area contributed by atoms with Crippen molar-refractivity contribution in [3.8, 4) is 0 Å². The Labute approximate surface area is 112 Å². The van der Waals surface area contributed by atoms with Crippen molar-refractivity contribution in [3.63, 3.8) is 0 Å². The minimum absolute atomic E-state index is 0.0807. The molecule has 0 atom stereocenters. The Morgan fingerprint density at radius 2 is 2.00 bits per heavy atom. The van der Waals surface area contributed by atoms with Gasteiger partial charge in [0.2, 0.25) is 5.82 Å². The lowest BCUT2D eigenvalue weighted by atomic mass is 10.1. The lowest BCUT2D eigenvalue weighted by Crippen LogP contribution is -2.47. The number of carboxylic acids is 1. The molecule has 1 heterocycles. The maximum Gasteiger partial charge on any atom is 0.305 e. The van der Waals surface area contributed by atoms with Gasteiger partial charge in [-0.3, -0.25) is 14.7 Å². The number of carboxylic acid groups (broad SMARTS) is 1. The van der Waals surface area contributed by atoms with Crippen LogP contribution in [0.3, 0.4) is 0 Å². The number of nitrogens with one attached hydrogen (secondary N) is 1. The molecule has 2 N–H and O–H groups in total. The zero-order chi connectivity index (χ0) is 14.6. The van der Waals surface area contributed by atoms with E-state index in [1.165, 1.54) is 4.90 Å². The van der Waals surface area contributed by atoms with Gasteiger partial charge in [0, 0.05) is 18.5 Å². The Hall–Kier alpha value is -1.92. The van der Waals surface area contributed by atoms with Gasteiger partial charge < -0.3 is 10.0 Å². The summed E-state index contributed by atoms with van der Waals surface area (Å²) < 4.78 is 0. The summed E-state index contributed by atoms with van der Waals surface area (Å²) in [4.78, 5) is 28.5. The summed E-state index contributed by atoms with van der Waals surface area (Å²) in [6, 6.07) is 0. The van der Waals surface area contributed by atoms with Crippen LogP contribution in [0.4, 0.5) is 0 Å². The van der Waals surface area contributed by atoms with Crippen LogP contribution in [0.2, 0.25) is 0 Å². The van der Waals surface area contributed by atoms with Crippen LogP contribution in [0.25, 0.3) is 0 Å². The van der Waals surface area contributed by atoms with Gasteiger partial charge in [0.1, 0.15) is 5.82 Å². The molecular weight excluding hydrogens is 248 g/mol. The number of rotatable bonds is 5. The van der Waals surface area contributed by atoms with Gasteiger partial charge in [-0.2, -0.15) is 0 Å². The molecule has 0 aliphatic heterocycles. The van der Waals surface area contributed by atoms with Crippen LogP contribution < -0.4 is 0 Å². The molecule has 0 aliphatic carbocycles. The van der Waals surface area contributed by atoms with E-state index in [1.54, 1.807) is 0 Å². The molecule has 0 spiro atoms. The second kappa shape index (κ2) is 5.81. The Kier molecular flexibility index (Phi) is 4.63. The average molecular weight is 268 g/mol. The zero-order valence-corrected chi connectivity index (χ0v) is 11.7. The number of aromatic amines is 1.